The Morgan fingerprint density at radius 3 is 2.67 bits per heavy atom. The maximum atomic E-state index is 11.9. The summed E-state index contributed by atoms with van der Waals surface area (Å²) in [5.74, 6) is -0.189. The molecule has 0 aliphatic rings. The third-order valence-electron chi connectivity index (χ3n) is 2.39. The zero-order valence-electron chi connectivity index (χ0n) is 9.41. The van der Waals surface area contributed by atoms with E-state index >= 15 is 0 Å². The number of hydrogen-bond acceptors (Lipinski definition) is 1. The highest BCUT2D eigenvalue weighted by atomic mass is 35.5. The van der Waals surface area contributed by atoms with E-state index in [9.17, 15) is 4.79 Å². The molecule has 92 valence electrons. The predicted octanol–water partition coefficient (Wildman–Crippen LogP) is 2.74. The minimum atomic E-state index is -0.189. The van der Waals surface area contributed by atoms with Crippen molar-refractivity contribution in [3.8, 4) is 0 Å². The van der Waals surface area contributed by atoms with Crippen LogP contribution in [0.1, 0.15) is 16.1 Å². The van der Waals surface area contributed by atoms with Crippen LogP contribution in [0, 0.1) is 0 Å². The lowest BCUT2D eigenvalue weighted by atomic mass is 10.2. The van der Waals surface area contributed by atoms with Crippen LogP contribution in [0.3, 0.4) is 0 Å². The monoisotopic (exact) mass is 281 g/mol. The molecule has 0 fully saturated rings. The van der Waals surface area contributed by atoms with Crippen LogP contribution in [0.5, 0.6) is 0 Å². The number of carbonyl (C=O) groups excluding carboxylic acids is 1. The van der Waals surface area contributed by atoms with E-state index in [0.717, 1.165) is 5.69 Å². The molecule has 2 N–H and O–H groups in total. The van der Waals surface area contributed by atoms with Crippen molar-refractivity contribution in [3.63, 3.8) is 0 Å². The Morgan fingerprint density at radius 2 is 2.00 bits per heavy atom. The zero-order chi connectivity index (χ0) is 13.0. The fraction of sp³-hybridized carbons (Fsp3) is 0.0769. The van der Waals surface area contributed by atoms with Crippen LogP contribution in [0.2, 0.25) is 10.0 Å². The lowest BCUT2D eigenvalue weighted by Crippen LogP contribution is -2.26. The van der Waals surface area contributed by atoms with Crippen LogP contribution < -0.4 is 10.3 Å². The lowest BCUT2D eigenvalue weighted by molar-refractivity contribution is -0.390. The molecule has 2 rings (SSSR count). The quantitative estimate of drug-likeness (QED) is 0.924. The fourth-order valence-electron chi connectivity index (χ4n) is 1.46. The van der Waals surface area contributed by atoms with Crippen molar-refractivity contribution in [1.29, 1.82) is 0 Å². The van der Waals surface area contributed by atoms with Crippen molar-refractivity contribution in [2.75, 3.05) is 0 Å². The summed E-state index contributed by atoms with van der Waals surface area (Å²) in [6.07, 6.45) is 1.81. The third kappa shape index (κ3) is 3.22. The van der Waals surface area contributed by atoms with E-state index in [1.54, 1.807) is 24.4 Å². The number of carbonyl (C=O) groups is 1. The first-order valence-electron chi connectivity index (χ1n) is 5.35. The first-order chi connectivity index (χ1) is 8.66. The molecule has 1 aromatic carbocycles. The van der Waals surface area contributed by atoms with E-state index in [-0.39, 0.29) is 5.91 Å². The molecule has 1 amide bonds. The number of halogens is 2. The van der Waals surface area contributed by atoms with Gasteiger partial charge in [-0.15, -0.1) is 0 Å². The van der Waals surface area contributed by atoms with Crippen molar-refractivity contribution in [2.24, 2.45) is 0 Å². The van der Waals surface area contributed by atoms with Gasteiger partial charge in [0.25, 0.3) is 5.91 Å². The van der Waals surface area contributed by atoms with Crippen molar-refractivity contribution in [1.82, 2.24) is 5.32 Å². The molecule has 0 saturated carbocycles. The minimum absolute atomic E-state index is 0.189. The SMILES string of the molecule is O=C(NCc1cccc[nH+]1)c1ccc(Cl)c(Cl)c1. The maximum absolute atomic E-state index is 11.9. The molecule has 0 saturated heterocycles. The van der Waals surface area contributed by atoms with E-state index in [2.05, 4.69) is 10.3 Å². The standard InChI is InChI=1S/C13H10Cl2N2O/c14-11-5-4-9(7-12(11)15)13(18)17-8-10-3-1-2-6-16-10/h1-7H,8H2,(H,17,18)/p+1. The second kappa shape index (κ2) is 5.85. The molecule has 5 heteroatoms. The molecule has 18 heavy (non-hydrogen) atoms. The van der Waals surface area contributed by atoms with Crippen LogP contribution in [0.4, 0.5) is 0 Å². The first kappa shape index (κ1) is 12.9. The number of pyridine rings is 1. The molecule has 0 spiro atoms. The van der Waals surface area contributed by atoms with Crippen molar-refractivity contribution >= 4 is 29.1 Å². The third-order valence-corrected chi connectivity index (χ3v) is 3.13. The Morgan fingerprint density at radius 1 is 1.17 bits per heavy atom. The molecule has 0 unspecified atom stereocenters. The fourth-order valence-corrected chi connectivity index (χ4v) is 1.75. The Kier molecular flexibility index (Phi) is 4.18. The normalized spacial score (nSPS) is 10.1. The Bertz CT molecular complexity index is 558. The highest BCUT2D eigenvalue weighted by molar-refractivity contribution is 6.42. The number of rotatable bonds is 3. The number of benzene rings is 1. The summed E-state index contributed by atoms with van der Waals surface area (Å²) in [5.41, 5.74) is 1.41. The van der Waals surface area contributed by atoms with Crippen LogP contribution in [-0.2, 0) is 6.54 Å². The molecule has 0 atom stereocenters. The smallest absolute Gasteiger partial charge is 0.251 e. The van der Waals surface area contributed by atoms with Crippen molar-refractivity contribution in [3.05, 3.63) is 63.9 Å². The number of nitrogens with one attached hydrogen (secondary N) is 2. The van der Waals surface area contributed by atoms with Crippen LogP contribution in [0.15, 0.2) is 42.6 Å². The number of amides is 1. The van der Waals surface area contributed by atoms with Gasteiger partial charge >= 0.3 is 0 Å². The van der Waals surface area contributed by atoms with Crippen molar-refractivity contribution < 1.29 is 9.78 Å². The number of aromatic amines is 1. The molecular weight excluding hydrogens is 271 g/mol. The number of aromatic nitrogens is 1. The van der Waals surface area contributed by atoms with Gasteiger partial charge in [0.2, 0.25) is 0 Å². The minimum Gasteiger partial charge on any atom is -0.342 e. The topological polar surface area (TPSA) is 43.2 Å². The van der Waals surface area contributed by atoms with Crippen LogP contribution in [0.25, 0.3) is 0 Å². The molecule has 3 nitrogen and oxygen atoms in total. The molecule has 0 bridgehead atoms. The summed E-state index contributed by atoms with van der Waals surface area (Å²) < 4.78 is 0. The summed E-state index contributed by atoms with van der Waals surface area (Å²) in [6.45, 7) is 0.430. The van der Waals surface area contributed by atoms with Gasteiger partial charge in [-0.05, 0) is 18.2 Å². The molecule has 0 aliphatic carbocycles. The molecule has 1 heterocycles. The first-order valence-corrected chi connectivity index (χ1v) is 6.11. The van der Waals surface area contributed by atoms with Gasteiger partial charge in [-0.3, -0.25) is 4.79 Å². The highest BCUT2D eigenvalue weighted by Gasteiger charge is 2.09. The molecule has 2 aromatic rings. The number of H-pyrrole nitrogens is 1. The summed E-state index contributed by atoms with van der Waals surface area (Å²) in [7, 11) is 0. The highest BCUT2D eigenvalue weighted by Crippen LogP contribution is 2.22. The largest absolute Gasteiger partial charge is 0.342 e. The van der Waals surface area contributed by atoms with Gasteiger partial charge in [0, 0.05) is 17.7 Å². The van der Waals surface area contributed by atoms with Gasteiger partial charge in [-0.2, -0.15) is 0 Å². The van der Waals surface area contributed by atoms with E-state index in [1.807, 2.05) is 18.2 Å². The van der Waals surface area contributed by atoms with E-state index < -0.39 is 0 Å². The average Bonchev–Trinajstić information content (AvgIpc) is 2.40. The average molecular weight is 282 g/mol. The lowest BCUT2D eigenvalue weighted by Gasteiger charge is -2.03. The van der Waals surface area contributed by atoms with Gasteiger partial charge < -0.3 is 5.32 Å². The second-order valence-electron chi connectivity index (χ2n) is 3.70. The van der Waals surface area contributed by atoms with Crippen LogP contribution in [-0.4, -0.2) is 5.91 Å². The summed E-state index contributed by atoms with van der Waals surface area (Å²) in [6, 6.07) is 10.5. The Labute approximate surface area is 115 Å². The zero-order valence-corrected chi connectivity index (χ0v) is 10.9. The van der Waals surface area contributed by atoms with Gasteiger partial charge in [-0.1, -0.05) is 29.3 Å². The summed E-state index contributed by atoms with van der Waals surface area (Å²) >= 11 is 11.6. The van der Waals surface area contributed by atoms with Gasteiger partial charge in [-0.25, -0.2) is 4.98 Å². The van der Waals surface area contributed by atoms with Crippen molar-refractivity contribution in [2.45, 2.75) is 6.54 Å². The predicted molar refractivity (Wildman–Crippen MR) is 70.6 cm³/mol. The number of hydrogen-bond donors (Lipinski definition) is 1. The van der Waals surface area contributed by atoms with Gasteiger partial charge in [0.1, 0.15) is 6.54 Å². The van der Waals surface area contributed by atoms with E-state index in [1.165, 1.54) is 0 Å². The second-order valence-corrected chi connectivity index (χ2v) is 4.51. The summed E-state index contributed by atoms with van der Waals surface area (Å²) in [5, 5.41) is 3.60. The van der Waals surface area contributed by atoms with E-state index in [0.29, 0.717) is 22.2 Å². The molecule has 0 radical (unpaired) electrons. The Hall–Kier alpha value is -1.58. The molecular formula is C13H11Cl2N2O+. The van der Waals surface area contributed by atoms with E-state index in [4.69, 9.17) is 23.2 Å². The summed E-state index contributed by atoms with van der Waals surface area (Å²) in [4.78, 5) is 14.9. The van der Waals surface area contributed by atoms with Crippen LogP contribution >= 0.6 is 23.2 Å². The molecule has 1 aromatic heterocycles. The maximum Gasteiger partial charge on any atom is 0.251 e. The Balaban J connectivity index is 2.02. The molecule has 0 aliphatic heterocycles. The van der Waals surface area contributed by atoms with Gasteiger partial charge in [0.15, 0.2) is 11.9 Å². The van der Waals surface area contributed by atoms with Gasteiger partial charge in [0.05, 0.1) is 10.0 Å².